The van der Waals surface area contributed by atoms with Gasteiger partial charge in [-0.05, 0) is 42.8 Å². The van der Waals surface area contributed by atoms with Crippen molar-refractivity contribution >= 4 is 17.3 Å². The SMILES string of the molecule is COc1ccc(-n2ncc(C(=O)Nc3ccc(NC(C)c4ccccc4)cc3)c2C(F)(F)F)nn1. The third-order valence-electron chi connectivity index (χ3n) is 5.16. The summed E-state index contributed by atoms with van der Waals surface area (Å²) >= 11 is 0. The van der Waals surface area contributed by atoms with Crippen molar-refractivity contribution in [3.05, 3.63) is 89.7 Å². The quantitative estimate of drug-likeness (QED) is 0.380. The third kappa shape index (κ3) is 5.40. The maximum Gasteiger partial charge on any atom is 0.434 e. The Hall–Kier alpha value is -4.41. The van der Waals surface area contributed by atoms with Crippen LogP contribution in [0.15, 0.2) is 72.9 Å². The first-order valence-electron chi connectivity index (χ1n) is 10.5. The molecule has 0 bridgehead atoms. The number of ether oxygens (including phenoxy) is 1. The van der Waals surface area contributed by atoms with Crippen LogP contribution >= 0.6 is 0 Å². The van der Waals surface area contributed by atoms with Crippen LogP contribution in [0.3, 0.4) is 0 Å². The predicted molar refractivity (Wildman–Crippen MR) is 124 cm³/mol. The van der Waals surface area contributed by atoms with E-state index in [9.17, 15) is 18.0 Å². The molecule has 0 aliphatic heterocycles. The van der Waals surface area contributed by atoms with Gasteiger partial charge < -0.3 is 15.4 Å². The first kappa shape index (κ1) is 23.7. The second-order valence-corrected chi connectivity index (χ2v) is 7.56. The van der Waals surface area contributed by atoms with Crippen molar-refractivity contribution in [2.24, 2.45) is 0 Å². The molecule has 0 aliphatic rings. The number of rotatable bonds is 7. The molecule has 0 radical (unpaired) electrons. The van der Waals surface area contributed by atoms with Crippen LogP contribution in [0.1, 0.15) is 34.6 Å². The molecule has 1 amide bonds. The van der Waals surface area contributed by atoms with E-state index in [1.165, 1.54) is 19.2 Å². The lowest BCUT2D eigenvalue weighted by Crippen LogP contribution is -2.21. The molecule has 1 unspecified atom stereocenters. The van der Waals surface area contributed by atoms with Crippen LogP contribution in [-0.2, 0) is 6.18 Å². The summed E-state index contributed by atoms with van der Waals surface area (Å²) in [5.74, 6) is -1.04. The molecule has 35 heavy (non-hydrogen) atoms. The molecule has 0 saturated heterocycles. The molecule has 2 aromatic carbocycles. The number of carbonyl (C=O) groups is 1. The number of nitrogens with one attached hydrogen (secondary N) is 2. The zero-order valence-electron chi connectivity index (χ0n) is 18.7. The molecule has 0 fully saturated rings. The number of methoxy groups -OCH3 is 1. The Morgan fingerprint density at radius 1 is 0.971 bits per heavy atom. The molecular formula is C24H21F3N6O2. The standard InChI is InChI=1S/C24H21F3N6O2/c1-15(16-6-4-3-5-7-16)29-17-8-10-18(11-9-17)30-23(34)19-14-28-33(22(19)24(25,26)27)20-12-13-21(35-2)32-31-20/h3-15,29H,1-2H3,(H,30,34). The van der Waals surface area contributed by atoms with E-state index in [1.807, 2.05) is 37.3 Å². The first-order chi connectivity index (χ1) is 16.8. The first-order valence-corrected chi connectivity index (χ1v) is 10.5. The molecule has 4 rings (SSSR count). The largest absolute Gasteiger partial charge is 0.480 e. The van der Waals surface area contributed by atoms with Gasteiger partial charge in [-0.3, -0.25) is 4.79 Å². The second-order valence-electron chi connectivity index (χ2n) is 7.56. The van der Waals surface area contributed by atoms with Gasteiger partial charge in [0.15, 0.2) is 11.5 Å². The van der Waals surface area contributed by atoms with Crippen molar-refractivity contribution in [2.75, 3.05) is 17.7 Å². The van der Waals surface area contributed by atoms with Crippen LogP contribution in [0, 0.1) is 0 Å². The second kappa shape index (κ2) is 9.84. The summed E-state index contributed by atoms with van der Waals surface area (Å²) in [6.07, 6.45) is -4.02. The molecule has 0 aliphatic carbocycles. The van der Waals surface area contributed by atoms with Crippen molar-refractivity contribution in [3.63, 3.8) is 0 Å². The van der Waals surface area contributed by atoms with E-state index in [2.05, 4.69) is 25.9 Å². The predicted octanol–water partition coefficient (Wildman–Crippen LogP) is 5.12. The van der Waals surface area contributed by atoms with Crippen molar-refractivity contribution in [2.45, 2.75) is 19.1 Å². The van der Waals surface area contributed by atoms with Gasteiger partial charge >= 0.3 is 6.18 Å². The molecule has 0 spiro atoms. The Morgan fingerprint density at radius 3 is 2.26 bits per heavy atom. The number of hydrogen-bond donors (Lipinski definition) is 2. The van der Waals surface area contributed by atoms with E-state index in [0.29, 0.717) is 10.4 Å². The summed E-state index contributed by atoms with van der Waals surface area (Å²) < 4.78 is 47.0. The molecule has 2 heterocycles. The average Bonchev–Trinajstić information content (AvgIpc) is 3.32. The highest BCUT2D eigenvalue weighted by Crippen LogP contribution is 2.34. The summed E-state index contributed by atoms with van der Waals surface area (Å²) in [6.45, 7) is 2.01. The van der Waals surface area contributed by atoms with Crippen molar-refractivity contribution < 1.29 is 22.7 Å². The minimum atomic E-state index is -4.87. The number of amides is 1. The van der Waals surface area contributed by atoms with Gasteiger partial charge in [0.25, 0.3) is 5.91 Å². The summed E-state index contributed by atoms with van der Waals surface area (Å²) in [5.41, 5.74) is 0.321. The number of halogens is 3. The van der Waals surface area contributed by atoms with E-state index < -0.39 is 23.3 Å². The van der Waals surface area contributed by atoms with Crippen LogP contribution in [0.2, 0.25) is 0 Å². The Morgan fingerprint density at radius 2 is 1.66 bits per heavy atom. The number of carbonyl (C=O) groups excluding carboxylic acids is 1. The topological polar surface area (TPSA) is 94.0 Å². The van der Waals surface area contributed by atoms with Crippen molar-refractivity contribution in [3.8, 4) is 11.7 Å². The number of alkyl halides is 3. The zero-order valence-corrected chi connectivity index (χ0v) is 18.7. The fraction of sp³-hybridized carbons (Fsp3) is 0.167. The number of anilines is 2. The molecule has 2 aromatic heterocycles. The fourth-order valence-electron chi connectivity index (χ4n) is 3.42. The molecule has 180 valence electrons. The van der Waals surface area contributed by atoms with Crippen LogP contribution < -0.4 is 15.4 Å². The lowest BCUT2D eigenvalue weighted by molar-refractivity contribution is -0.143. The van der Waals surface area contributed by atoms with Gasteiger partial charge in [0, 0.05) is 23.5 Å². The van der Waals surface area contributed by atoms with Crippen molar-refractivity contribution in [1.29, 1.82) is 0 Å². The average molecular weight is 482 g/mol. The van der Waals surface area contributed by atoms with Gasteiger partial charge in [-0.1, -0.05) is 30.3 Å². The summed E-state index contributed by atoms with van der Waals surface area (Å²) in [7, 11) is 1.35. The molecule has 0 saturated carbocycles. The molecule has 2 N–H and O–H groups in total. The molecule has 11 heteroatoms. The highest BCUT2D eigenvalue weighted by molar-refractivity contribution is 6.05. The maximum atomic E-state index is 13.9. The van der Waals surface area contributed by atoms with Gasteiger partial charge in [-0.15, -0.1) is 10.2 Å². The van der Waals surface area contributed by atoms with Crippen LogP contribution in [0.25, 0.3) is 5.82 Å². The minimum absolute atomic E-state index is 0.0397. The van der Waals surface area contributed by atoms with E-state index in [1.54, 1.807) is 24.3 Å². The van der Waals surface area contributed by atoms with E-state index in [4.69, 9.17) is 4.74 Å². The van der Waals surface area contributed by atoms with E-state index in [0.717, 1.165) is 17.4 Å². The Bertz CT molecular complexity index is 1290. The van der Waals surface area contributed by atoms with Crippen LogP contribution in [-0.4, -0.2) is 33.0 Å². The summed E-state index contributed by atoms with van der Waals surface area (Å²) in [4.78, 5) is 12.7. The number of benzene rings is 2. The Kier molecular flexibility index (Phi) is 6.67. The van der Waals surface area contributed by atoms with E-state index in [-0.39, 0.29) is 17.7 Å². The van der Waals surface area contributed by atoms with Crippen LogP contribution in [0.4, 0.5) is 24.5 Å². The van der Waals surface area contributed by atoms with Crippen molar-refractivity contribution in [1.82, 2.24) is 20.0 Å². The van der Waals surface area contributed by atoms with Gasteiger partial charge in [-0.2, -0.15) is 18.3 Å². The molecule has 1 atom stereocenters. The zero-order chi connectivity index (χ0) is 25.0. The summed E-state index contributed by atoms with van der Waals surface area (Å²) in [6, 6.07) is 19.2. The van der Waals surface area contributed by atoms with Gasteiger partial charge in [0.05, 0.1) is 18.9 Å². The van der Waals surface area contributed by atoms with E-state index >= 15 is 0 Å². The molecular weight excluding hydrogens is 461 g/mol. The third-order valence-corrected chi connectivity index (χ3v) is 5.16. The molecule has 8 nitrogen and oxygen atoms in total. The van der Waals surface area contributed by atoms with Gasteiger partial charge in [0.1, 0.15) is 0 Å². The number of aromatic nitrogens is 4. The smallest absolute Gasteiger partial charge is 0.434 e. The van der Waals surface area contributed by atoms with Gasteiger partial charge in [-0.25, -0.2) is 4.68 Å². The van der Waals surface area contributed by atoms with Crippen LogP contribution in [0.5, 0.6) is 5.88 Å². The lowest BCUT2D eigenvalue weighted by atomic mass is 10.1. The number of hydrogen-bond acceptors (Lipinski definition) is 6. The fourth-order valence-corrected chi connectivity index (χ4v) is 3.42. The minimum Gasteiger partial charge on any atom is -0.480 e. The Balaban J connectivity index is 1.52. The lowest BCUT2D eigenvalue weighted by Gasteiger charge is -2.16. The van der Waals surface area contributed by atoms with Gasteiger partial charge in [0.2, 0.25) is 5.88 Å². The Labute approximate surface area is 198 Å². The molecule has 4 aromatic rings. The normalized spacial score (nSPS) is 12.1. The number of nitrogens with zero attached hydrogens (tertiary/aromatic N) is 4. The highest BCUT2D eigenvalue weighted by atomic mass is 19.4. The summed E-state index contributed by atoms with van der Waals surface area (Å²) in [5, 5.41) is 16.9. The maximum absolute atomic E-state index is 13.9. The highest BCUT2D eigenvalue weighted by Gasteiger charge is 2.41. The monoisotopic (exact) mass is 482 g/mol.